The van der Waals surface area contributed by atoms with Gasteiger partial charge in [-0.05, 0) is 38.0 Å². The van der Waals surface area contributed by atoms with Crippen LogP contribution in [0.5, 0.6) is 0 Å². The zero-order chi connectivity index (χ0) is 20.1. The first-order valence-electron chi connectivity index (χ1n) is 10.5. The molecule has 1 N–H and O–H groups in total. The number of likely N-dealkylation sites (tertiary alicyclic amines) is 1. The van der Waals surface area contributed by atoms with Gasteiger partial charge in [0.2, 0.25) is 0 Å². The van der Waals surface area contributed by atoms with Gasteiger partial charge < -0.3 is 14.8 Å². The molecule has 1 aliphatic heterocycles. The molecule has 2 fully saturated rings. The molecule has 2 aliphatic rings. The molecular formula is C20H32F3N5. The number of alkyl halides is 3. The molecule has 0 spiro atoms. The number of guanidine groups is 1. The maximum atomic E-state index is 13.4. The normalized spacial score (nSPS) is 29.8. The van der Waals surface area contributed by atoms with Crippen LogP contribution in [0.1, 0.15) is 52.0 Å². The standard InChI is InChI=1S/C20H32F3N5/c1-3-25-19(26-12-16-6-4-5-7-17(16)20(21,22)23)27-10-8-15(2)18(13-27)28-11-9-24-14-28/h9,11,14-18H,3-8,10,12-13H2,1-2H3,(H,25,26). The van der Waals surface area contributed by atoms with E-state index in [1.807, 2.05) is 19.4 Å². The number of nitrogens with zero attached hydrogens (tertiary/aromatic N) is 4. The number of imidazole rings is 1. The molecule has 5 nitrogen and oxygen atoms in total. The number of hydrogen-bond donors (Lipinski definition) is 1. The van der Waals surface area contributed by atoms with Crippen molar-refractivity contribution in [1.82, 2.24) is 19.8 Å². The van der Waals surface area contributed by atoms with E-state index in [4.69, 9.17) is 0 Å². The molecule has 3 rings (SSSR count). The van der Waals surface area contributed by atoms with Crippen molar-refractivity contribution >= 4 is 5.96 Å². The largest absolute Gasteiger partial charge is 0.392 e. The molecule has 0 bridgehead atoms. The highest BCUT2D eigenvalue weighted by molar-refractivity contribution is 5.80. The van der Waals surface area contributed by atoms with Crippen molar-refractivity contribution < 1.29 is 13.2 Å². The lowest BCUT2D eigenvalue weighted by molar-refractivity contribution is -0.195. The van der Waals surface area contributed by atoms with Crippen LogP contribution in [0.25, 0.3) is 0 Å². The van der Waals surface area contributed by atoms with Crippen LogP contribution in [0.15, 0.2) is 23.7 Å². The third-order valence-corrected chi connectivity index (χ3v) is 6.27. The van der Waals surface area contributed by atoms with E-state index in [0.717, 1.165) is 31.9 Å². The average Bonchev–Trinajstić information content (AvgIpc) is 3.20. The van der Waals surface area contributed by atoms with E-state index in [0.29, 0.717) is 25.3 Å². The van der Waals surface area contributed by atoms with E-state index in [1.54, 1.807) is 6.20 Å². The summed E-state index contributed by atoms with van der Waals surface area (Å²) < 4.78 is 42.3. The van der Waals surface area contributed by atoms with Gasteiger partial charge in [-0.3, -0.25) is 4.99 Å². The number of nitrogens with one attached hydrogen (secondary N) is 1. The Bertz CT molecular complexity index is 628. The van der Waals surface area contributed by atoms with Crippen LogP contribution >= 0.6 is 0 Å². The van der Waals surface area contributed by atoms with Gasteiger partial charge in [0.1, 0.15) is 0 Å². The number of rotatable bonds is 4. The summed E-state index contributed by atoms with van der Waals surface area (Å²) in [5, 5.41) is 3.30. The van der Waals surface area contributed by atoms with Gasteiger partial charge >= 0.3 is 6.18 Å². The second-order valence-electron chi connectivity index (χ2n) is 8.18. The van der Waals surface area contributed by atoms with Crippen LogP contribution in [0.2, 0.25) is 0 Å². The van der Waals surface area contributed by atoms with Gasteiger partial charge in [-0.25, -0.2) is 4.98 Å². The van der Waals surface area contributed by atoms with E-state index >= 15 is 0 Å². The third kappa shape index (κ3) is 5.00. The summed E-state index contributed by atoms with van der Waals surface area (Å²) in [5.41, 5.74) is 0. The minimum atomic E-state index is -4.12. The van der Waals surface area contributed by atoms with Crippen LogP contribution in [-0.4, -0.2) is 52.8 Å². The zero-order valence-corrected chi connectivity index (χ0v) is 16.8. The maximum Gasteiger partial charge on any atom is 0.392 e. The molecule has 2 heterocycles. The Morgan fingerprint density at radius 2 is 2.04 bits per heavy atom. The number of aliphatic imine (C=N–C) groups is 1. The molecule has 1 aliphatic carbocycles. The lowest BCUT2D eigenvalue weighted by atomic mass is 9.79. The second-order valence-corrected chi connectivity index (χ2v) is 8.18. The summed E-state index contributed by atoms with van der Waals surface area (Å²) >= 11 is 0. The molecule has 1 aromatic heterocycles. The number of hydrogen-bond acceptors (Lipinski definition) is 2. The van der Waals surface area contributed by atoms with E-state index in [2.05, 4.69) is 31.7 Å². The third-order valence-electron chi connectivity index (χ3n) is 6.27. The van der Waals surface area contributed by atoms with E-state index in [9.17, 15) is 13.2 Å². The Morgan fingerprint density at radius 3 is 2.71 bits per heavy atom. The van der Waals surface area contributed by atoms with E-state index in [-0.39, 0.29) is 19.0 Å². The molecule has 28 heavy (non-hydrogen) atoms. The van der Waals surface area contributed by atoms with Gasteiger partial charge in [0.25, 0.3) is 0 Å². The molecule has 1 saturated heterocycles. The molecule has 1 aromatic rings. The molecular weight excluding hydrogens is 367 g/mol. The predicted molar refractivity (Wildman–Crippen MR) is 104 cm³/mol. The summed E-state index contributed by atoms with van der Waals surface area (Å²) in [7, 11) is 0. The fraction of sp³-hybridized carbons (Fsp3) is 0.800. The molecule has 0 radical (unpaired) electrons. The van der Waals surface area contributed by atoms with E-state index in [1.165, 1.54) is 0 Å². The topological polar surface area (TPSA) is 45.5 Å². The molecule has 1 saturated carbocycles. The first-order chi connectivity index (χ1) is 13.4. The zero-order valence-electron chi connectivity index (χ0n) is 16.8. The molecule has 0 amide bonds. The van der Waals surface area contributed by atoms with Crippen LogP contribution in [0.4, 0.5) is 13.2 Å². The summed E-state index contributed by atoms with van der Waals surface area (Å²) in [6, 6.07) is 0.290. The van der Waals surface area contributed by atoms with Crippen molar-refractivity contribution in [2.75, 3.05) is 26.2 Å². The highest BCUT2D eigenvalue weighted by atomic mass is 19.4. The smallest absolute Gasteiger partial charge is 0.357 e. The summed E-state index contributed by atoms with van der Waals surface area (Å²) in [4.78, 5) is 11.0. The second kappa shape index (κ2) is 9.18. The van der Waals surface area contributed by atoms with Crippen LogP contribution in [0, 0.1) is 17.8 Å². The fourth-order valence-corrected chi connectivity index (χ4v) is 4.58. The van der Waals surface area contributed by atoms with Gasteiger partial charge in [0, 0.05) is 38.6 Å². The van der Waals surface area contributed by atoms with Crippen molar-refractivity contribution in [3.05, 3.63) is 18.7 Å². The Morgan fingerprint density at radius 1 is 1.25 bits per heavy atom. The quantitative estimate of drug-likeness (QED) is 0.612. The number of piperidine rings is 1. The fourth-order valence-electron chi connectivity index (χ4n) is 4.58. The highest BCUT2D eigenvalue weighted by Gasteiger charge is 2.45. The predicted octanol–water partition coefficient (Wildman–Crippen LogP) is 4.10. The number of halogens is 3. The summed E-state index contributed by atoms with van der Waals surface area (Å²) in [5.74, 6) is -0.365. The minimum Gasteiger partial charge on any atom is -0.357 e. The van der Waals surface area contributed by atoms with Gasteiger partial charge in [0.05, 0.1) is 18.3 Å². The first kappa shape index (κ1) is 21.0. The van der Waals surface area contributed by atoms with Gasteiger partial charge in [-0.15, -0.1) is 0 Å². The Labute approximate surface area is 165 Å². The molecule has 158 valence electrons. The van der Waals surface area contributed by atoms with Gasteiger partial charge in [-0.1, -0.05) is 19.8 Å². The Hall–Kier alpha value is -1.73. The van der Waals surface area contributed by atoms with Crippen molar-refractivity contribution in [3.63, 3.8) is 0 Å². The van der Waals surface area contributed by atoms with Gasteiger partial charge in [0.15, 0.2) is 5.96 Å². The van der Waals surface area contributed by atoms with Gasteiger partial charge in [-0.2, -0.15) is 13.2 Å². The summed E-state index contributed by atoms with van der Waals surface area (Å²) in [6.07, 6.45) is 4.88. The SMILES string of the molecule is CCNC(=NCC1CCCCC1C(F)(F)F)N1CCC(C)C(n2ccnc2)C1. The average molecular weight is 400 g/mol. The molecule has 8 heteroatoms. The van der Waals surface area contributed by atoms with Crippen molar-refractivity contribution in [3.8, 4) is 0 Å². The molecule has 0 aromatic carbocycles. The lowest BCUT2D eigenvalue weighted by Gasteiger charge is -2.39. The van der Waals surface area contributed by atoms with Crippen LogP contribution in [0.3, 0.4) is 0 Å². The molecule has 4 unspecified atom stereocenters. The van der Waals surface area contributed by atoms with E-state index < -0.39 is 18.0 Å². The summed E-state index contributed by atoms with van der Waals surface area (Å²) in [6.45, 7) is 6.83. The Kier molecular flexibility index (Phi) is 6.88. The van der Waals surface area contributed by atoms with Crippen LogP contribution in [-0.2, 0) is 0 Å². The Balaban J connectivity index is 1.71. The van der Waals surface area contributed by atoms with Crippen molar-refractivity contribution in [2.45, 2.75) is 58.2 Å². The maximum absolute atomic E-state index is 13.4. The first-order valence-corrected chi connectivity index (χ1v) is 10.5. The highest BCUT2D eigenvalue weighted by Crippen LogP contribution is 2.41. The minimum absolute atomic E-state index is 0.240. The monoisotopic (exact) mass is 399 g/mol. The number of aromatic nitrogens is 2. The molecule has 4 atom stereocenters. The van der Waals surface area contributed by atoms with Crippen LogP contribution < -0.4 is 5.32 Å². The van der Waals surface area contributed by atoms with Crippen molar-refractivity contribution in [1.29, 1.82) is 0 Å². The lowest BCUT2D eigenvalue weighted by Crippen LogP contribution is -2.49. The van der Waals surface area contributed by atoms with Crippen molar-refractivity contribution in [2.24, 2.45) is 22.7 Å².